The summed E-state index contributed by atoms with van der Waals surface area (Å²) in [7, 11) is -2.31. The number of nitrogens with zero attached hydrogens (tertiary/aromatic N) is 2. The van der Waals surface area contributed by atoms with Gasteiger partial charge in [-0.15, -0.1) is 0 Å². The number of benzene rings is 2. The van der Waals surface area contributed by atoms with Crippen LogP contribution >= 0.6 is 23.2 Å². The van der Waals surface area contributed by atoms with Crippen LogP contribution in [0.1, 0.15) is 11.1 Å². The monoisotopic (exact) mass is 356 g/mol. The number of hydrazone groups is 1. The zero-order valence-electron chi connectivity index (χ0n) is 12.0. The number of aryl methyl sites for hydroxylation is 1. The normalized spacial score (nSPS) is 11.8. The van der Waals surface area contributed by atoms with Crippen molar-refractivity contribution in [3.8, 4) is 0 Å². The highest BCUT2D eigenvalue weighted by molar-refractivity contribution is 7.89. The highest BCUT2D eigenvalue weighted by Crippen LogP contribution is 2.20. The number of hydrogen-bond acceptors (Lipinski definition) is 3. The Morgan fingerprint density at radius 1 is 1.09 bits per heavy atom. The topological polar surface area (TPSA) is 49.7 Å². The van der Waals surface area contributed by atoms with Crippen LogP contribution in [-0.2, 0) is 10.0 Å². The maximum Gasteiger partial charge on any atom is 0.278 e. The molecule has 7 heteroatoms. The van der Waals surface area contributed by atoms with Crippen molar-refractivity contribution in [1.29, 1.82) is 0 Å². The lowest BCUT2D eigenvalue weighted by molar-refractivity contribution is 0.491. The molecule has 0 aromatic heterocycles. The molecule has 0 N–H and O–H groups in total. The SMILES string of the molecule is Cc1ccc(S(=O)(=O)N(C)/N=C/c2ccc(Cl)cc2Cl)cc1. The molecule has 2 aromatic rings. The van der Waals surface area contributed by atoms with Crippen molar-refractivity contribution in [2.75, 3.05) is 7.05 Å². The van der Waals surface area contributed by atoms with Crippen LogP contribution in [-0.4, -0.2) is 26.1 Å². The Morgan fingerprint density at radius 3 is 2.32 bits per heavy atom. The van der Waals surface area contributed by atoms with E-state index in [1.165, 1.54) is 13.3 Å². The van der Waals surface area contributed by atoms with Crippen LogP contribution in [0.25, 0.3) is 0 Å². The molecule has 0 unspecified atom stereocenters. The van der Waals surface area contributed by atoms with Gasteiger partial charge in [-0.25, -0.2) is 0 Å². The Balaban J connectivity index is 2.25. The van der Waals surface area contributed by atoms with Gasteiger partial charge >= 0.3 is 0 Å². The van der Waals surface area contributed by atoms with Gasteiger partial charge in [-0.1, -0.05) is 47.0 Å². The van der Waals surface area contributed by atoms with E-state index in [-0.39, 0.29) is 4.90 Å². The van der Waals surface area contributed by atoms with Crippen LogP contribution in [0, 0.1) is 6.92 Å². The Morgan fingerprint density at radius 2 is 1.73 bits per heavy atom. The van der Waals surface area contributed by atoms with Crippen molar-refractivity contribution in [2.24, 2.45) is 5.10 Å². The lowest BCUT2D eigenvalue weighted by Gasteiger charge is -2.13. The largest absolute Gasteiger partial charge is 0.278 e. The highest BCUT2D eigenvalue weighted by Gasteiger charge is 2.18. The molecular formula is C15H14Cl2N2O2S. The van der Waals surface area contributed by atoms with Crippen LogP contribution < -0.4 is 0 Å². The van der Waals surface area contributed by atoms with Crippen LogP contribution in [0.2, 0.25) is 10.0 Å². The van der Waals surface area contributed by atoms with Crippen molar-refractivity contribution in [1.82, 2.24) is 4.41 Å². The Labute approximate surface area is 140 Å². The summed E-state index contributed by atoms with van der Waals surface area (Å²) in [6.07, 6.45) is 1.38. The lowest BCUT2D eigenvalue weighted by Crippen LogP contribution is -2.21. The van der Waals surface area contributed by atoms with E-state index in [0.717, 1.165) is 9.98 Å². The fourth-order valence-corrected chi connectivity index (χ4v) is 3.09. The van der Waals surface area contributed by atoms with Crippen LogP contribution in [0.3, 0.4) is 0 Å². The van der Waals surface area contributed by atoms with Gasteiger partial charge in [0.15, 0.2) is 0 Å². The summed E-state index contributed by atoms with van der Waals surface area (Å²) >= 11 is 11.8. The van der Waals surface area contributed by atoms with Gasteiger partial charge in [0, 0.05) is 17.6 Å². The van der Waals surface area contributed by atoms with E-state index >= 15 is 0 Å². The Kier molecular flexibility index (Phi) is 5.11. The van der Waals surface area contributed by atoms with Gasteiger partial charge in [0.05, 0.1) is 16.1 Å². The van der Waals surface area contributed by atoms with Crippen molar-refractivity contribution in [3.63, 3.8) is 0 Å². The molecule has 0 fully saturated rings. The summed E-state index contributed by atoms with van der Waals surface area (Å²) in [5, 5.41) is 4.85. The van der Waals surface area contributed by atoms with E-state index in [1.807, 2.05) is 6.92 Å². The molecule has 0 bridgehead atoms. The van der Waals surface area contributed by atoms with Crippen LogP contribution in [0.5, 0.6) is 0 Å². The predicted octanol–water partition coefficient (Wildman–Crippen LogP) is 3.96. The summed E-state index contributed by atoms with van der Waals surface area (Å²) < 4.78 is 25.6. The minimum Gasteiger partial charge on any atom is -0.200 e. The molecule has 2 aromatic carbocycles. The van der Waals surface area contributed by atoms with Crippen LogP contribution in [0.4, 0.5) is 0 Å². The average molecular weight is 357 g/mol. The van der Waals surface area contributed by atoms with Gasteiger partial charge in [-0.05, 0) is 31.2 Å². The Hall–Kier alpha value is -1.56. The highest BCUT2D eigenvalue weighted by atomic mass is 35.5. The average Bonchev–Trinajstić information content (AvgIpc) is 2.46. The number of rotatable bonds is 4. The summed E-state index contributed by atoms with van der Waals surface area (Å²) in [4.78, 5) is 0.181. The van der Waals surface area contributed by atoms with Gasteiger partial charge in [0.2, 0.25) is 0 Å². The molecule has 0 amide bonds. The molecule has 0 aliphatic carbocycles. The Bertz CT molecular complexity index is 803. The van der Waals surface area contributed by atoms with E-state index in [0.29, 0.717) is 15.6 Å². The van der Waals surface area contributed by atoms with E-state index in [2.05, 4.69) is 5.10 Å². The van der Waals surface area contributed by atoms with Gasteiger partial charge in [-0.2, -0.15) is 17.9 Å². The fourth-order valence-electron chi connectivity index (χ4n) is 1.67. The first-order valence-electron chi connectivity index (χ1n) is 6.35. The van der Waals surface area contributed by atoms with Gasteiger partial charge in [0.1, 0.15) is 0 Å². The first-order chi connectivity index (χ1) is 10.3. The standard InChI is InChI=1S/C15H14Cl2N2O2S/c1-11-3-7-14(8-4-11)22(20,21)19(2)18-10-12-5-6-13(16)9-15(12)17/h3-10H,1-2H3/b18-10+. The van der Waals surface area contributed by atoms with E-state index in [1.54, 1.807) is 42.5 Å². The third-order valence-corrected chi connectivity index (χ3v) is 5.21. The molecule has 0 spiro atoms. The smallest absolute Gasteiger partial charge is 0.200 e. The first-order valence-corrected chi connectivity index (χ1v) is 8.55. The summed E-state index contributed by atoms with van der Waals surface area (Å²) in [5.41, 5.74) is 1.56. The van der Waals surface area contributed by atoms with Crippen molar-refractivity contribution >= 4 is 39.4 Å². The minimum atomic E-state index is -3.68. The molecule has 0 radical (unpaired) electrons. The number of sulfonamides is 1. The second-order valence-corrected chi connectivity index (χ2v) is 7.46. The molecule has 0 aliphatic rings. The van der Waals surface area contributed by atoms with Gasteiger partial charge < -0.3 is 0 Å². The first kappa shape index (κ1) is 16.8. The van der Waals surface area contributed by atoms with Crippen LogP contribution in [0.15, 0.2) is 52.5 Å². The summed E-state index contributed by atoms with van der Waals surface area (Å²) in [6.45, 7) is 1.89. The molecular weight excluding hydrogens is 343 g/mol. The molecule has 0 saturated carbocycles. The lowest BCUT2D eigenvalue weighted by atomic mass is 10.2. The third-order valence-electron chi connectivity index (χ3n) is 2.99. The fraction of sp³-hybridized carbons (Fsp3) is 0.133. The molecule has 0 aliphatic heterocycles. The van der Waals surface area contributed by atoms with Crippen molar-refractivity contribution in [2.45, 2.75) is 11.8 Å². The van der Waals surface area contributed by atoms with E-state index < -0.39 is 10.0 Å². The maximum atomic E-state index is 12.4. The molecule has 0 atom stereocenters. The number of halogens is 2. The zero-order chi connectivity index (χ0) is 16.3. The minimum absolute atomic E-state index is 0.181. The van der Waals surface area contributed by atoms with Gasteiger partial charge in [0.25, 0.3) is 10.0 Å². The number of hydrogen-bond donors (Lipinski definition) is 0. The second kappa shape index (κ2) is 6.69. The molecule has 4 nitrogen and oxygen atoms in total. The molecule has 0 heterocycles. The zero-order valence-corrected chi connectivity index (χ0v) is 14.3. The van der Waals surface area contributed by atoms with Crippen molar-refractivity contribution in [3.05, 3.63) is 63.6 Å². The third kappa shape index (κ3) is 3.80. The maximum absolute atomic E-state index is 12.4. The molecule has 116 valence electrons. The van der Waals surface area contributed by atoms with E-state index in [4.69, 9.17) is 23.2 Å². The second-order valence-electron chi connectivity index (χ2n) is 4.66. The van der Waals surface area contributed by atoms with Crippen molar-refractivity contribution < 1.29 is 8.42 Å². The molecule has 2 rings (SSSR count). The molecule has 22 heavy (non-hydrogen) atoms. The quantitative estimate of drug-likeness (QED) is 0.614. The summed E-state index contributed by atoms with van der Waals surface area (Å²) in [5.74, 6) is 0. The van der Waals surface area contributed by atoms with E-state index in [9.17, 15) is 8.42 Å². The van der Waals surface area contributed by atoms with Gasteiger partial charge in [-0.3, -0.25) is 0 Å². The molecule has 0 saturated heterocycles. The summed E-state index contributed by atoms with van der Waals surface area (Å²) in [6, 6.07) is 11.5. The predicted molar refractivity (Wildman–Crippen MR) is 90.2 cm³/mol.